The van der Waals surface area contributed by atoms with E-state index in [1.54, 1.807) is 0 Å². The van der Waals surface area contributed by atoms with Gasteiger partial charge in [-0.3, -0.25) is 9.10 Å². The summed E-state index contributed by atoms with van der Waals surface area (Å²) in [5.41, 5.74) is 0.0740. The molecule has 0 fully saturated rings. The van der Waals surface area contributed by atoms with Crippen molar-refractivity contribution in [3.05, 3.63) is 41.4 Å². The zero-order valence-corrected chi connectivity index (χ0v) is 17.3. The summed E-state index contributed by atoms with van der Waals surface area (Å²) in [4.78, 5) is 11.9. The number of methoxy groups -OCH3 is 4. The molecule has 0 aliphatic carbocycles. The van der Waals surface area contributed by atoms with Gasteiger partial charge in [0.15, 0.2) is 0 Å². The van der Waals surface area contributed by atoms with Crippen LogP contribution in [0.3, 0.4) is 0 Å². The van der Waals surface area contributed by atoms with Crippen molar-refractivity contribution in [1.82, 2.24) is 0 Å². The zero-order chi connectivity index (χ0) is 20.9. The lowest BCUT2D eigenvalue weighted by molar-refractivity contribution is -0.138. The van der Waals surface area contributed by atoms with Crippen molar-refractivity contribution >= 4 is 33.3 Å². The summed E-state index contributed by atoms with van der Waals surface area (Å²) in [6.07, 6.45) is 0. The van der Waals surface area contributed by atoms with Gasteiger partial charge in [0.1, 0.15) is 23.8 Å². The predicted molar refractivity (Wildman–Crippen MR) is 104 cm³/mol. The van der Waals surface area contributed by atoms with Crippen LogP contribution in [0.15, 0.2) is 41.3 Å². The van der Waals surface area contributed by atoms with Gasteiger partial charge in [-0.2, -0.15) is 0 Å². The number of hydrogen-bond donors (Lipinski definition) is 0. The van der Waals surface area contributed by atoms with Crippen LogP contribution in [0.4, 0.5) is 5.69 Å². The maximum atomic E-state index is 13.3. The number of nitrogens with zero attached hydrogens (tertiary/aromatic N) is 1. The topological polar surface area (TPSA) is 91.4 Å². The normalized spacial score (nSPS) is 10.9. The zero-order valence-electron chi connectivity index (χ0n) is 15.8. The maximum absolute atomic E-state index is 13.3. The van der Waals surface area contributed by atoms with Gasteiger partial charge < -0.3 is 18.9 Å². The van der Waals surface area contributed by atoms with Crippen molar-refractivity contribution in [2.45, 2.75) is 4.90 Å². The summed E-state index contributed by atoms with van der Waals surface area (Å²) in [5, 5.41) is 0.225. The second kappa shape index (κ2) is 9.03. The van der Waals surface area contributed by atoms with Crippen molar-refractivity contribution < 1.29 is 32.2 Å². The average molecular weight is 430 g/mol. The fraction of sp³-hybridized carbons (Fsp3) is 0.278. The number of hydrogen-bond acceptors (Lipinski definition) is 7. The Morgan fingerprint density at radius 3 is 2.07 bits per heavy atom. The highest BCUT2D eigenvalue weighted by Crippen LogP contribution is 2.40. The summed E-state index contributed by atoms with van der Waals surface area (Å²) < 4.78 is 47.6. The minimum absolute atomic E-state index is 0.0480. The van der Waals surface area contributed by atoms with Crippen LogP contribution in [0.25, 0.3) is 0 Å². The van der Waals surface area contributed by atoms with E-state index in [9.17, 15) is 13.2 Å². The Morgan fingerprint density at radius 2 is 1.57 bits per heavy atom. The van der Waals surface area contributed by atoms with Gasteiger partial charge in [0.25, 0.3) is 10.0 Å². The van der Waals surface area contributed by atoms with E-state index in [4.69, 9.17) is 25.8 Å². The molecule has 152 valence electrons. The molecular weight excluding hydrogens is 410 g/mol. The summed E-state index contributed by atoms with van der Waals surface area (Å²) in [7, 11) is 1.23. The van der Waals surface area contributed by atoms with Gasteiger partial charge in [-0.05, 0) is 24.3 Å². The molecule has 0 radical (unpaired) electrons. The lowest BCUT2D eigenvalue weighted by Gasteiger charge is -2.25. The average Bonchev–Trinajstić information content (AvgIpc) is 2.71. The number of anilines is 1. The molecule has 8 nitrogen and oxygen atoms in total. The molecule has 0 unspecified atom stereocenters. The lowest BCUT2D eigenvalue weighted by atomic mass is 10.2. The summed E-state index contributed by atoms with van der Waals surface area (Å²) >= 11 is 6.10. The second-order valence-electron chi connectivity index (χ2n) is 5.42. The van der Waals surface area contributed by atoms with Crippen molar-refractivity contribution in [2.24, 2.45) is 0 Å². The fourth-order valence-corrected chi connectivity index (χ4v) is 4.04. The molecule has 0 aromatic heterocycles. The van der Waals surface area contributed by atoms with Crippen LogP contribution in [0.1, 0.15) is 0 Å². The maximum Gasteiger partial charge on any atom is 0.326 e. The van der Waals surface area contributed by atoms with Gasteiger partial charge in [-0.15, -0.1) is 0 Å². The van der Waals surface area contributed by atoms with Crippen molar-refractivity contribution in [3.63, 3.8) is 0 Å². The highest BCUT2D eigenvalue weighted by Gasteiger charge is 2.31. The molecule has 0 bridgehead atoms. The van der Waals surface area contributed by atoms with Crippen LogP contribution < -0.4 is 18.5 Å². The van der Waals surface area contributed by atoms with Crippen molar-refractivity contribution in [2.75, 3.05) is 39.3 Å². The third kappa shape index (κ3) is 4.42. The summed E-state index contributed by atoms with van der Waals surface area (Å²) in [5.74, 6) is 0.0984. The molecule has 0 saturated heterocycles. The first-order chi connectivity index (χ1) is 13.3. The number of benzene rings is 2. The van der Waals surface area contributed by atoms with Crippen molar-refractivity contribution in [1.29, 1.82) is 0 Å². The van der Waals surface area contributed by atoms with E-state index in [1.807, 2.05) is 0 Å². The van der Waals surface area contributed by atoms with Crippen molar-refractivity contribution in [3.8, 4) is 17.2 Å². The van der Waals surface area contributed by atoms with E-state index in [2.05, 4.69) is 4.74 Å². The van der Waals surface area contributed by atoms with E-state index in [-0.39, 0.29) is 27.1 Å². The molecule has 0 aliphatic rings. The molecule has 0 aliphatic heterocycles. The first-order valence-electron chi connectivity index (χ1n) is 7.93. The van der Waals surface area contributed by atoms with Crippen LogP contribution in [0, 0.1) is 0 Å². The van der Waals surface area contributed by atoms with Gasteiger partial charge in [0.2, 0.25) is 0 Å². The van der Waals surface area contributed by atoms with Gasteiger partial charge in [0, 0.05) is 12.1 Å². The minimum atomic E-state index is -4.16. The molecule has 2 rings (SSSR count). The predicted octanol–water partition coefficient (Wildman–Crippen LogP) is 2.73. The Hall–Kier alpha value is -2.65. The van der Waals surface area contributed by atoms with E-state index >= 15 is 0 Å². The SMILES string of the molecule is COC(=O)CN(c1cc(OC)c(Cl)cc1OC)S(=O)(=O)c1ccc(OC)cc1. The molecule has 2 aromatic carbocycles. The molecule has 0 spiro atoms. The van der Waals surface area contributed by atoms with E-state index in [1.165, 1.54) is 64.8 Å². The van der Waals surface area contributed by atoms with Gasteiger partial charge in [-0.1, -0.05) is 11.6 Å². The first kappa shape index (κ1) is 21.6. The number of esters is 1. The molecule has 10 heteroatoms. The summed E-state index contributed by atoms with van der Waals surface area (Å²) in [6, 6.07) is 8.54. The number of halogens is 1. The third-order valence-electron chi connectivity index (χ3n) is 3.87. The Labute approximate surface area is 168 Å². The van der Waals surface area contributed by atoms with Crippen LogP contribution in [0.5, 0.6) is 17.2 Å². The summed E-state index contributed by atoms with van der Waals surface area (Å²) in [6.45, 7) is -0.577. The van der Waals surface area contributed by atoms with E-state index in [0.29, 0.717) is 5.75 Å². The van der Waals surface area contributed by atoms with Crippen LogP contribution in [-0.4, -0.2) is 49.4 Å². The van der Waals surface area contributed by atoms with E-state index < -0.39 is 22.5 Å². The van der Waals surface area contributed by atoms with Gasteiger partial charge >= 0.3 is 5.97 Å². The molecular formula is C18H20ClNO7S. The molecule has 2 aromatic rings. The number of carbonyl (C=O) groups excluding carboxylic acids is 1. The van der Waals surface area contributed by atoms with E-state index in [0.717, 1.165) is 4.31 Å². The highest BCUT2D eigenvalue weighted by molar-refractivity contribution is 7.92. The molecule has 0 saturated carbocycles. The highest BCUT2D eigenvalue weighted by atomic mass is 35.5. The van der Waals surface area contributed by atoms with Gasteiger partial charge in [-0.25, -0.2) is 8.42 Å². The quantitative estimate of drug-likeness (QED) is 0.596. The van der Waals surface area contributed by atoms with Crippen LogP contribution in [0.2, 0.25) is 5.02 Å². The van der Waals surface area contributed by atoms with Crippen LogP contribution in [-0.2, 0) is 19.6 Å². The lowest BCUT2D eigenvalue weighted by Crippen LogP contribution is -2.36. The third-order valence-corrected chi connectivity index (χ3v) is 5.94. The molecule has 0 atom stereocenters. The number of carbonyl (C=O) groups is 1. The number of sulfonamides is 1. The van der Waals surface area contributed by atoms with Gasteiger partial charge in [0.05, 0.1) is 44.0 Å². The Bertz CT molecular complexity index is 945. The standard InChI is InChI=1S/C18H20ClNO7S/c1-24-12-5-7-13(8-6-12)28(22,23)20(11-18(21)27-4)15-10-16(25-2)14(19)9-17(15)26-3/h5-10H,11H2,1-4H3. The molecule has 0 N–H and O–H groups in total. The minimum Gasteiger partial charge on any atom is -0.497 e. The molecule has 28 heavy (non-hydrogen) atoms. The first-order valence-corrected chi connectivity index (χ1v) is 9.75. The Morgan fingerprint density at radius 1 is 0.964 bits per heavy atom. The Balaban J connectivity index is 2.66. The second-order valence-corrected chi connectivity index (χ2v) is 7.69. The Kier molecular flexibility index (Phi) is 6.98. The van der Waals surface area contributed by atoms with Crippen LogP contribution >= 0.6 is 11.6 Å². The fourth-order valence-electron chi connectivity index (χ4n) is 2.40. The molecule has 0 heterocycles. The number of ether oxygens (including phenoxy) is 4. The monoisotopic (exact) mass is 429 g/mol. The molecule has 0 amide bonds. The smallest absolute Gasteiger partial charge is 0.326 e. The largest absolute Gasteiger partial charge is 0.497 e. The number of rotatable bonds is 8.